The summed E-state index contributed by atoms with van der Waals surface area (Å²) in [5.74, 6) is -2.35. The fourth-order valence-electron chi connectivity index (χ4n) is 3.61. The molecule has 1 heterocycles. The number of carboxylic acid groups (broad SMARTS) is 2. The summed E-state index contributed by atoms with van der Waals surface area (Å²) in [5, 5.41) is 27.9. The van der Waals surface area contributed by atoms with Crippen LogP contribution in [0.3, 0.4) is 0 Å². The summed E-state index contributed by atoms with van der Waals surface area (Å²) in [6.07, 6.45) is 1.90. The molecule has 9 heteroatoms. The first-order chi connectivity index (χ1) is 16.2. The zero-order chi connectivity index (χ0) is 24.8. The van der Waals surface area contributed by atoms with Crippen LogP contribution in [0.15, 0.2) is 66.7 Å². The maximum atomic E-state index is 12.6. The number of carbonyl (C=O) groups excluding carboxylic acids is 1. The Morgan fingerprint density at radius 2 is 1.56 bits per heavy atom. The van der Waals surface area contributed by atoms with Crippen LogP contribution in [0.2, 0.25) is 0 Å². The zero-order valence-electron chi connectivity index (χ0n) is 18.3. The van der Waals surface area contributed by atoms with Gasteiger partial charge in [-0.2, -0.15) is 0 Å². The molecule has 3 aromatic rings. The van der Waals surface area contributed by atoms with Gasteiger partial charge in [0.25, 0.3) is 11.6 Å². The van der Waals surface area contributed by atoms with E-state index in [1.165, 1.54) is 42.0 Å². The van der Waals surface area contributed by atoms with Gasteiger partial charge in [-0.05, 0) is 61.2 Å². The van der Waals surface area contributed by atoms with Crippen LogP contribution in [0, 0.1) is 17.0 Å². The predicted octanol–water partition coefficient (Wildman–Crippen LogP) is 4.58. The number of rotatable bonds is 4. The van der Waals surface area contributed by atoms with Crippen LogP contribution in [-0.2, 0) is 6.42 Å². The number of non-ortho nitro benzene ring substituents is 1. The van der Waals surface area contributed by atoms with E-state index in [0.717, 1.165) is 24.6 Å². The Morgan fingerprint density at radius 3 is 2.18 bits per heavy atom. The maximum Gasteiger partial charge on any atom is 0.335 e. The summed E-state index contributed by atoms with van der Waals surface area (Å²) in [6, 6.07) is 17.6. The normalized spacial score (nSPS) is 12.1. The first kappa shape index (κ1) is 24.1. The summed E-state index contributed by atoms with van der Waals surface area (Å²) in [4.78, 5) is 45.6. The number of aryl methyl sites for hydroxylation is 2. The van der Waals surface area contributed by atoms with E-state index in [-0.39, 0.29) is 22.7 Å². The number of carboxylic acids is 2. The average molecular weight is 462 g/mol. The van der Waals surface area contributed by atoms with Crippen LogP contribution in [0.25, 0.3) is 0 Å². The molecule has 2 N–H and O–H groups in total. The molecule has 0 saturated carbocycles. The van der Waals surface area contributed by atoms with Crippen molar-refractivity contribution < 1.29 is 29.5 Å². The zero-order valence-corrected chi connectivity index (χ0v) is 18.3. The standard InChI is InChI=1S/C16H14N2O3.C9H8O4/c19-16(13-7-9-14(10-8-13)18(20)21)17-11-3-5-12-4-1-2-6-15(12)17;1-5-2-3-6(8(10)11)4-7(5)9(12)13/h1-2,4,6-10H,3,5,11H2;2-4H,1H3,(H,10,11)(H,12,13). The highest BCUT2D eigenvalue weighted by molar-refractivity contribution is 6.06. The van der Waals surface area contributed by atoms with Crippen molar-refractivity contribution in [2.24, 2.45) is 0 Å². The minimum absolute atomic E-state index is 0.00871. The Bertz CT molecular complexity index is 1250. The van der Waals surface area contributed by atoms with Crippen LogP contribution in [-0.4, -0.2) is 39.5 Å². The van der Waals surface area contributed by atoms with Crippen molar-refractivity contribution in [1.82, 2.24) is 0 Å². The molecule has 0 radical (unpaired) electrons. The Kier molecular flexibility index (Phi) is 7.37. The van der Waals surface area contributed by atoms with Gasteiger partial charge in [-0.1, -0.05) is 24.3 Å². The number of hydrogen-bond acceptors (Lipinski definition) is 5. The number of carbonyl (C=O) groups is 3. The summed E-state index contributed by atoms with van der Waals surface area (Å²) in [6.45, 7) is 2.29. The fourth-order valence-corrected chi connectivity index (χ4v) is 3.61. The maximum absolute atomic E-state index is 12.6. The molecular weight excluding hydrogens is 440 g/mol. The number of benzene rings is 3. The van der Waals surface area contributed by atoms with Gasteiger partial charge in [-0.3, -0.25) is 14.9 Å². The van der Waals surface area contributed by atoms with Gasteiger partial charge in [-0.15, -0.1) is 0 Å². The largest absolute Gasteiger partial charge is 0.478 e. The third-order valence-corrected chi connectivity index (χ3v) is 5.40. The van der Waals surface area contributed by atoms with Crippen molar-refractivity contribution in [3.8, 4) is 0 Å². The molecule has 0 aliphatic carbocycles. The third kappa shape index (κ3) is 5.44. The molecule has 34 heavy (non-hydrogen) atoms. The Morgan fingerprint density at radius 1 is 0.912 bits per heavy atom. The molecule has 0 aromatic heterocycles. The summed E-state index contributed by atoms with van der Waals surface area (Å²) < 4.78 is 0. The molecule has 0 unspecified atom stereocenters. The first-order valence-electron chi connectivity index (χ1n) is 10.4. The number of nitrogens with zero attached hydrogens (tertiary/aromatic N) is 2. The second-order valence-corrected chi connectivity index (χ2v) is 7.63. The smallest absolute Gasteiger partial charge is 0.335 e. The summed E-state index contributed by atoms with van der Waals surface area (Å²) in [5.41, 5.74) is 3.13. The second kappa shape index (κ2) is 10.4. The molecule has 0 bridgehead atoms. The molecule has 4 rings (SSSR count). The SMILES string of the molecule is Cc1ccc(C(=O)O)cc1C(=O)O.O=C(c1ccc([N+](=O)[O-])cc1)N1CCCc2ccccc21. The second-order valence-electron chi connectivity index (χ2n) is 7.63. The molecule has 0 spiro atoms. The average Bonchev–Trinajstić information content (AvgIpc) is 2.83. The number of para-hydroxylation sites is 1. The Balaban J connectivity index is 0.000000215. The van der Waals surface area contributed by atoms with Crippen LogP contribution in [0.1, 0.15) is 48.6 Å². The molecular formula is C25H22N2O7. The van der Waals surface area contributed by atoms with E-state index in [9.17, 15) is 24.5 Å². The lowest BCUT2D eigenvalue weighted by Crippen LogP contribution is -2.35. The van der Waals surface area contributed by atoms with Crippen molar-refractivity contribution in [1.29, 1.82) is 0 Å². The molecule has 0 saturated heterocycles. The molecule has 0 fully saturated rings. The number of nitro benzene ring substituents is 1. The lowest BCUT2D eigenvalue weighted by molar-refractivity contribution is -0.384. The lowest BCUT2D eigenvalue weighted by atomic mass is 10.0. The van der Waals surface area contributed by atoms with Gasteiger partial charge < -0.3 is 15.1 Å². The molecule has 174 valence electrons. The van der Waals surface area contributed by atoms with E-state index in [1.54, 1.807) is 11.8 Å². The van der Waals surface area contributed by atoms with Gasteiger partial charge in [-0.25, -0.2) is 9.59 Å². The monoisotopic (exact) mass is 462 g/mol. The summed E-state index contributed by atoms with van der Waals surface area (Å²) >= 11 is 0. The van der Waals surface area contributed by atoms with Crippen LogP contribution >= 0.6 is 0 Å². The number of amides is 1. The highest BCUT2D eigenvalue weighted by atomic mass is 16.6. The number of hydrogen-bond donors (Lipinski definition) is 2. The molecule has 0 atom stereocenters. The van der Waals surface area contributed by atoms with E-state index in [2.05, 4.69) is 0 Å². The Labute approximate surface area is 195 Å². The van der Waals surface area contributed by atoms with E-state index >= 15 is 0 Å². The van der Waals surface area contributed by atoms with E-state index in [1.807, 2.05) is 24.3 Å². The lowest BCUT2D eigenvalue weighted by Gasteiger charge is -2.29. The van der Waals surface area contributed by atoms with Gasteiger partial charge >= 0.3 is 11.9 Å². The number of fused-ring (bicyclic) bond motifs is 1. The Hall–Kier alpha value is -4.53. The van der Waals surface area contributed by atoms with Gasteiger partial charge in [0.1, 0.15) is 0 Å². The van der Waals surface area contributed by atoms with Crippen molar-refractivity contribution in [2.45, 2.75) is 19.8 Å². The van der Waals surface area contributed by atoms with Crippen LogP contribution in [0.5, 0.6) is 0 Å². The first-order valence-corrected chi connectivity index (χ1v) is 10.4. The highest BCUT2D eigenvalue weighted by Gasteiger charge is 2.23. The van der Waals surface area contributed by atoms with E-state index in [0.29, 0.717) is 17.7 Å². The van der Waals surface area contributed by atoms with Gasteiger partial charge in [0.05, 0.1) is 16.1 Å². The van der Waals surface area contributed by atoms with Crippen molar-refractivity contribution in [2.75, 3.05) is 11.4 Å². The minimum Gasteiger partial charge on any atom is -0.478 e. The van der Waals surface area contributed by atoms with Gasteiger partial charge in [0.15, 0.2) is 0 Å². The quantitative estimate of drug-likeness (QED) is 0.427. The van der Waals surface area contributed by atoms with Crippen molar-refractivity contribution >= 4 is 29.2 Å². The molecule has 1 amide bonds. The van der Waals surface area contributed by atoms with Crippen LogP contribution < -0.4 is 4.90 Å². The van der Waals surface area contributed by atoms with Crippen molar-refractivity contribution in [3.63, 3.8) is 0 Å². The highest BCUT2D eigenvalue weighted by Crippen LogP contribution is 2.28. The number of nitro groups is 1. The summed E-state index contributed by atoms with van der Waals surface area (Å²) in [7, 11) is 0. The molecule has 1 aliphatic rings. The third-order valence-electron chi connectivity index (χ3n) is 5.40. The number of aromatic carboxylic acids is 2. The molecule has 3 aromatic carbocycles. The predicted molar refractivity (Wildman–Crippen MR) is 125 cm³/mol. The topological polar surface area (TPSA) is 138 Å². The van der Waals surface area contributed by atoms with Crippen molar-refractivity contribution in [3.05, 3.63) is 105 Å². The molecule has 9 nitrogen and oxygen atoms in total. The minimum atomic E-state index is -1.12. The van der Waals surface area contributed by atoms with E-state index < -0.39 is 16.9 Å². The molecule has 1 aliphatic heterocycles. The van der Waals surface area contributed by atoms with Gasteiger partial charge in [0.2, 0.25) is 0 Å². The van der Waals surface area contributed by atoms with Gasteiger partial charge in [0, 0.05) is 29.9 Å². The van der Waals surface area contributed by atoms with E-state index in [4.69, 9.17) is 10.2 Å². The fraction of sp³-hybridized carbons (Fsp3) is 0.160. The van der Waals surface area contributed by atoms with Crippen LogP contribution in [0.4, 0.5) is 11.4 Å². The number of anilines is 1.